The molecule has 2 heteroatoms. The van der Waals surface area contributed by atoms with Crippen LogP contribution in [0.2, 0.25) is 0 Å². The molecule has 0 radical (unpaired) electrons. The Labute approximate surface area is 78.7 Å². The van der Waals surface area contributed by atoms with Crippen molar-refractivity contribution >= 4 is 5.91 Å². The van der Waals surface area contributed by atoms with E-state index in [0.717, 1.165) is 18.4 Å². The van der Waals surface area contributed by atoms with E-state index in [1.54, 1.807) is 0 Å². The number of allylic oxidation sites excluding steroid dienone is 1. The van der Waals surface area contributed by atoms with Gasteiger partial charge in [0.15, 0.2) is 0 Å². The van der Waals surface area contributed by atoms with Crippen molar-refractivity contribution in [3.05, 3.63) is 23.8 Å². The largest absolute Gasteiger partial charge is 0.352 e. The third-order valence-electron chi connectivity index (χ3n) is 3.12. The summed E-state index contributed by atoms with van der Waals surface area (Å²) in [5.41, 5.74) is 2.57. The number of nitrogens with one attached hydrogen (secondary N) is 1. The van der Waals surface area contributed by atoms with Crippen molar-refractivity contribution in [2.24, 2.45) is 5.92 Å². The van der Waals surface area contributed by atoms with Crippen molar-refractivity contribution in [1.82, 2.24) is 5.32 Å². The van der Waals surface area contributed by atoms with Gasteiger partial charge >= 0.3 is 0 Å². The SMILES string of the molecule is C=C1CC(=O)NC2C/C(=C/C)CC12. The minimum atomic E-state index is 0.142. The van der Waals surface area contributed by atoms with Gasteiger partial charge in [0.2, 0.25) is 5.91 Å². The Balaban J connectivity index is 2.19. The van der Waals surface area contributed by atoms with Gasteiger partial charge in [0, 0.05) is 18.4 Å². The molecule has 2 unspecified atom stereocenters. The van der Waals surface area contributed by atoms with E-state index in [-0.39, 0.29) is 5.91 Å². The van der Waals surface area contributed by atoms with E-state index in [1.165, 1.54) is 5.57 Å². The van der Waals surface area contributed by atoms with Gasteiger partial charge in [0.05, 0.1) is 0 Å². The number of hydrogen-bond donors (Lipinski definition) is 1. The Bertz CT molecular complexity index is 290. The van der Waals surface area contributed by atoms with E-state index in [0.29, 0.717) is 18.4 Å². The zero-order valence-corrected chi connectivity index (χ0v) is 7.97. The standard InChI is InChI=1S/C11H15NO/c1-3-8-5-9-7(2)4-11(13)12-10(9)6-8/h3,9-10H,2,4-6H2,1H3,(H,12,13)/b8-3+. The van der Waals surface area contributed by atoms with Crippen molar-refractivity contribution in [3.63, 3.8) is 0 Å². The highest BCUT2D eigenvalue weighted by Gasteiger charge is 2.36. The van der Waals surface area contributed by atoms with Gasteiger partial charge in [-0.3, -0.25) is 4.79 Å². The molecule has 0 spiro atoms. The van der Waals surface area contributed by atoms with Crippen LogP contribution in [0.25, 0.3) is 0 Å². The molecule has 1 saturated heterocycles. The molecule has 1 saturated carbocycles. The lowest BCUT2D eigenvalue weighted by Gasteiger charge is -2.27. The van der Waals surface area contributed by atoms with Crippen LogP contribution in [0.15, 0.2) is 23.8 Å². The molecule has 0 aromatic rings. The second kappa shape index (κ2) is 3.02. The van der Waals surface area contributed by atoms with E-state index in [4.69, 9.17) is 0 Å². The predicted molar refractivity (Wildman–Crippen MR) is 52.2 cm³/mol. The Morgan fingerprint density at radius 1 is 1.54 bits per heavy atom. The fraction of sp³-hybridized carbons (Fsp3) is 0.545. The van der Waals surface area contributed by atoms with Gasteiger partial charge in [0.25, 0.3) is 0 Å². The summed E-state index contributed by atoms with van der Waals surface area (Å²) in [6, 6.07) is 0.333. The van der Waals surface area contributed by atoms with Crippen LogP contribution in [0.4, 0.5) is 0 Å². The first kappa shape index (κ1) is 8.54. The lowest BCUT2D eigenvalue weighted by atomic mass is 9.89. The number of carbonyl (C=O) groups is 1. The van der Waals surface area contributed by atoms with Crippen LogP contribution < -0.4 is 5.32 Å². The van der Waals surface area contributed by atoms with Crippen molar-refractivity contribution in [3.8, 4) is 0 Å². The molecule has 2 nitrogen and oxygen atoms in total. The number of fused-ring (bicyclic) bond motifs is 1. The molecule has 1 aliphatic carbocycles. The molecule has 0 bridgehead atoms. The predicted octanol–water partition coefficient (Wildman–Crippen LogP) is 1.79. The van der Waals surface area contributed by atoms with Gasteiger partial charge in [-0.25, -0.2) is 0 Å². The Morgan fingerprint density at radius 3 is 3.00 bits per heavy atom. The van der Waals surface area contributed by atoms with Gasteiger partial charge in [-0.2, -0.15) is 0 Å². The van der Waals surface area contributed by atoms with Crippen LogP contribution in [0.1, 0.15) is 26.2 Å². The molecule has 2 atom stereocenters. The number of piperidine rings is 1. The maximum Gasteiger partial charge on any atom is 0.224 e. The molecule has 1 N–H and O–H groups in total. The number of hydrogen-bond acceptors (Lipinski definition) is 1. The fourth-order valence-electron chi connectivity index (χ4n) is 2.34. The minimum absolute atomic E-state index is 0.142. The summed E-state index contributed by atoms with van der Waals surface area (Å²) in [5.74, 6) is 0.646. The van der Waals surface area contributed by atoms with Crippen molar-refractivity contribution in [1.29, 1.82) is 0 Å². The second-order valence-corrected chi connectivity index (χ2v) is 3.97. The molecule has 70 valence electrons. The fourth-order valence-corrected chi connectivity index (χ4v) is 2.34. The molecular weight excluding hydrogens is 162 g/mol. The van der Waals surface area contributed by atoms with E-state index in [2.05, 4.69) is 24.9 Å². The zero-order chi connectivity index (χ0) is 9.42. The van der Waals surface area contributed by atoms with Crippen LogP contribution in [0.3, 0.4) is 0 Å². The Kier molecular flexibility index (Phi) is 1.98. The monoisotopic (exact) mass is 177 g/mol. The van der Waals surface area contributed by atoms with E-state index in [1.807, 2.05) is 0 Å². The molecule has 13 heavy (non-hydrogen) atoms. The maximum atomic E-state index is 11.2. The highest BCUT2D eigenvalue weighted by Crippen LogP contribution is 2.38. The van der Waals surface area contributed by atoms with Crippen LogP contribution in [-0.2, 0) is 4.79 Å². The summed E-state index contributed by atoms with van der Waals surface area (Å²) >= 11 is 0. The van der Waals surface area contributed by atoms with Gasteiger partial charge in [-0.05, 0) is 19.8 Å². The molecule has 1 aliphatic heterocycles. The number of amides is 1. The van der Waals surface area contributed by atoms with Gasteiger partial charge < -0.3 is 5.32 Å². The third kappa shape index (κ3) is 1.41. The first-order chi connectivity index (χ1) is 6.20. The van der Waals surface area contributed by atoms with E-state index >= 15 is 0 Å². The normalized spacial score (nSPS) is 36.2. The van der Waals surface area contributed by atoms with Gasteiger partial charge in [0.1, 0.15) is 0 Å². The summed E-state index contributed by atoms with van der Waals surface area (Å²) < 4.78 is 0. The van der Waals surface area contributed by atoms with Gasteiger partial charge in [-0.15, -0.1) is 0 Å². The molecule has 0 aromatic heterocycles. The average molecular weight is 177 g/mol. The van der Waals surface area contributed by atoms with Crippen LogP contribution >= 0.6 is 0 Å². The Morgan fingerprint density at radius 2 is 2.31 bits per heavy atom. The lowest BCUT2D eigenvalue weighted by Crippen LogP contribution is -2.42. The average Bonchev–Trinajstić information content (AvgIpc) is 2.47. The van der Waals surface area contributed by atoms with Crippen molar-refractivity contribution < 1.29 is 4.79 Å². The molecule has 1 heterocycles. The second-order valence-electron chi connectivity index (χ2n) is 3.97. The van der Waals surface area contributed by atoms with Crippen LogP contribution in [0.5, 0.6) is 0 Å². The number of carbonyl (C=O) groups excluding carboxylic acids is 1. The summed E-state index contributed by atoms with van der Waals surface area (Å²) in [4.78, 5) is 11.2. The van der Waals surface area contributed by atoms with E-state index < -0.39 is 0 Å². The minimum Gasteiger partial charge on any atom is -0.352 e. The van der Waals surface area contributed by atoms with Crippen LogP contribution in [0, 0.1) is 5.92 Å². The lowest BCUT2D eigenvalue weighted by molar-refractivity contribution is -0.122. The molecule has 2 rings (SSSR count). The maximum absolute atomic E-state index is 11.2. The molecular formula is C11H15NO. The number of rotatable bonds is 0. The summed E-state index contributed by atoms with van der Waals surface area (Å²) in [6.07, 6.45) is 4.81. The topological polar surface area (TPSA) is 29.1 Å². The first-order valence-corrected chi connectivity index (χ1v) is 4.82. The molecule has 1 amide bonds. The Hall–Kier alpha value is -1.05. The van der Waals surface area contributed by atoms with Crippen molar-refractivity contribution in [2.75, 3.05) is 0 Å². The van der Waals surface area contributed by atoms with Crippen molar-refractivity contribution in [2.45, 2.75) is 32.2 Å². The first-order valence-electron chi connectivity index (χ1n) is 4.82. The summed E-state index contributed by atoms with van der Waals surface area (Å²) in [7, 11) is 0. The highest BCUT2D eigenvalue weighted by molar-refractivity contribution is 5.80. The van der Waals surface area contributed by atoms with Gasteiger partial charge in [-0.1, -0.05) is 23.8 Å². The third-order valence-corrected chi connectivity index (χ3v) is 3.12. The quantitative estimate of drug-likeness (QED) is 0.561. The molecule has 2 aliphatic rings. The smallest absolute Gasteiger partial charge is 0.224 e. The highest BCUT2D eigenvalue weighted by atomic mass is 16.1. The molecule has 2 fully saturated rings. The zero-order valence-electron chi connectivity index (χ0n) is 7.97. The van der Waals surface area contributed by atoms with E-state index in [9.17, 15) is 4.79 Å². The summed E-state index contributed by atoms with van der Waals surface area (Å²) in [5, 5.41) is 3.03. The molecule has 0 aromatic carbocycles. The summed E-state index contributed by atoms with van der Waals surface area (Å²) in [6.45, 7) is 6.05. The van der Waals surface area contributed by atoms with Crippen LogP contribution in [-0.4, -0.2) is 11.9 Å².